The van der Waals surface area contributed by atoms with E-state index in [-0.39, 0.29) is 0 Å². The topological polar surface area (TPSA) is 34.5 Å². The Morgan fingerprint density at radius 3 is 3.29 bits per heavy atom. The van der Waals surface area contributed by atoms with Crippen LogP contribution in [0.15, 0.2) is 47.9 Å². The van der Waals surface area contributed by atoms with Gasteiger partial charge in [-0.3, -0.25) is 0 Å². The Morgan fingerprint density at radius 2 is 2.36 bits per heavy atom. The van der Waals surface area contributed by atoms with E-state index in [1.54, 1.807) is 12.4 Å². The molecular formula is C11H10N2O. The fourth-order valence-electron chi connectivity index (χ4n) is 1.19. The first-order valence-electron chi connectivity index (χ1n) is 4.36. The number of aromatic nitrogens is 1. The fourth-order valence-corrected chi connectivity index (χ4v) is 1.19. The lowest BCUT2D eigenvalue weighted by atomic mass is 10.2. The Kier molecular flexibility index (Phi) is 2.40. The van der Waals surface area contributed by atoms with Gasteiger partial charge in [0.05, 0.1) is 0 Å². The summed E-state index contributed by atoms with van der Waals surface area (Å²) in [7, 11) is 0. The smallest absolute Gasteiger partial charge is 0.224 e. The van der Waals surface area contributed by atoms with Gasteiger partial charge in [-0.05, 0) is 25.1 Å². The number of aliphatic imine (C=N–C) groups is 1. The van der Waals surface area contributed by atoms with Crippen molar-refractivity contribution in [3.05, 3.63) is 48.5 Å². The normalized spacial score (nSPS) is 19.6. The first-order chi connectivity index (χ1) is 6.86. The van der Waals surface area contributed by atoms with E-state index in [1.807, 2.05) is 24.3 Å². The fraction of sp³-hybridized carbons (Fsp3) is 0.0909. The van der Waals surface area contributed by atoms with Gasteiger partial charge >= 0.3 is 0 Å². The van der Waals surface area contributed by atoms with Crippen LogP contribution in [0.4, 0.5) is 0 Å². The van der Waals surface area contributed by atoms with Gasteiger partial charge in [0.15, 0.2) is 0 Å². The summed E-state index contributed by atoms with van der Waals surface area (Å²) in [5.41, 5.74) is 1.04. The van der Waals surface area contributed by atoms with E-state index < -0.39 is 0 Å². The largest absolute Gasteiger partial charge is 0.421 e. The van der Waals surface area contributed by atoms with Gasteiger partial charge in [-0.15, -0.1) is 0 Å². The maximum atomic E-state index is 5.37. The van der Waals surface area contributed by atoms with Gasteiger partial charge in [-0.25, -0.2) is 9.98 Å². The average molecular weight is 186 g/mol. The first-order valence-corrected chi connectivity index (χ1v) is 4.36. The number of pyridine rings is 1. The van der Waals surface area contributed by atoms with Crippen LogP contribution in [-0.2, 0) is 6.42 Å². The summed E-state index contributed by atoms with van der Waals surface area (Å²) < 4.78 is 5.37. The molecule has 0 aliphatic carbocycles. The van der Waals surface area contributed by atoms with Crippen molar-refractivity contribution in [2.24, 2.45) is 4.99 Å². The Labute approximate surface area is 82.5 Å². The summed E-state index contributed by atoms with van der Waals surface area (Å²) in [6, 6.07) is 3.86. The van der Waals surface area contributed by atoms with Gasteiger partial charge in [-0.1, -0.05) is 12.1 Å². The second-order valence-electron chi connectivity index (χ2n) is 2.87. The minimum Gasteiger partial charge on any atom is -0.421 e. The van der Waals surface area contributed by atoms with E-state index in [0.717, 1.165) is 12.0 Å². The van der Waals surface area contributed by atoms with E-state index in [2.05, 4.69) is 16.6 Å². The third-order valence-corrected chi connectivity index (χ3v) is 1.84. The maximum absolute atomic E-state index is 5.37. The van der Waals surface area contributed by atoms with Crippen molar-refractivity contribution in [2.45, 2.75) is 6.42 Å². The van der Waals surface area contributed by atoms with Crippen molar-refractivity contribution >= 4 is 6.21 Å². The van der Waals surface area contributed by atoms with Crippen LogP contribution in [0.25, 0.3) is 0 Å². The highest BCUT2D eigenvalue weighted by Crippen LogP contribution is 2.18. The summed E-state index contributed by atoms with van der Waals surface area (Å²) >= 11 is 0. The van der Waals surface area contributed by atoms with Crippen LogP contribution in [0.3, 0.4) is 0 Å². The lowest BCUT2D eigenvalue weighted by Gasteiger charge is -2.06. The molecule has 0 aromatic carbocycles. The molecule has 3 heteroatoms. The van der Waals surface area contributed by atoms with Crippen LogP contribution in [0.5, 0.6) is 5.88 Å². The minimum atomic E-state index is 0.358. The van der Waals surface area contributed by atoms with Crippen molar-refractivity contribution in [2.75, 3.05) is 0 Å². The van der Waals surface area contributed by atoms with Crippen LogP contribution in [0.2, 0.25) is 0 Å². The zero-order chi connectivity index (χ0) is 9.80. The number of fused-ring (bicyclic) bond motifs is 1. The van der Waals surface area contributed by atoms with E-state index in [1.165, 1.54) is 0 Å². The Balaban J connectivity index is 2.39. The SMILES string of the molecule is C=C1/N=C\C=C/Cc2cccnc2O1. The molecular weight excluding hydrogens is 176 g/mol. The number of allylic oxidation sites excluding steroid dienone is 2. The molecule has 0 unspecified atom stereocenters. The zero-order valence-electron chi connectivity index (χ0n) is 7.68. The molecule has 0 bridgehead atoms. The molecule has 0 amide bonds. The van der Waals surface area contributed by atoms with E-state index in [0.29, 0.717) is 11.8 Å². The van der Waals surface area contributed by atoms with Crippen molar-refractivity contribution in [1.29, 1.82) is 0 Å². The lowest BCUT2D eigenvalue weighted by molar-refractivity contribution is 0.404. The molecule has 0 spiro atoms. The highest BCUT2D eigenvalue weighted by atomic mass is 16.5. The monoisotopic (exact) mass is 186 g/mol. The van der Waals surface area contributed by atoms with Crippen molar-refractivity contribution in [3.63, 3.8) is 0 Å². The quantitative estimate of drug-likeness (QED) is 0.622. The van der Waals surface area contributed by atoms with Crippen LogP contribution in [0.1, 0.15) is 5.56 Å². The number of rotatable bonds is 0. The highest BCUT2D eigenvalue weighted by molar-refractivity contribution is 5.72. The molecule has 0 radical (unpaired) electrons. The van der Waals surface area contributed by atoms with E-state index in [4.69, 9.17) is 4.74 Å². The minimum absolute atomic E-state index is 0.358. The van der Waals surface area contributed by atoms with E-state index >= 15 is 0 Å². The standard InChI is InChI=1S/C11H10N2O/c1-9-12-7-3-2-5-10-6-4-8-13-11(10)14-9/h2-4,6-8H,1,5H2/b3-2-,12-7-. The molecule has 1 aromatic heterocycles. The summed E-state index contributed by atoms with van der Waals surface area (Å²) in [6.45, 7) is 3.66. The predicted octanol–water partition coefficient (Wildman–Crippen LogP) is 2.11. The molecule has 2 heterocycles. The summed E-state index contributed by atoms with van der Waals surface area (Å²) in [4.78, 5) is 8.10. The summed E-state index contributed by atoms with van der Waals surface area (Å²) in [5, 5.41) is 0. The van der Waals surface area contributed by atoms with Gasteiger partial charge < -0.3 is 4.74 Å². The van der Waals surface area contributed by atoms with Gasteiger partial charge in [0.25, 0.3) is 0 Å². The second-order valence-corrected chi connectivity index (χ2v) is 2.87. The molecule has 70 valence electrons. The number of hydrogen-bond acceptors (Lipinski definition) is 3. The van der Waals surface area contributed by atoms with Crippen LogP contribution in [0, 0.1) is 0 Å². The van der Waals surface area contributed by atoms with Crippen LogP contribution >= 0.6 is 0 Å². The molecule has 1 aromatic rings. The molecule has 2 rings (SSSR count). The molecule has 0 atom stereocenters. The molecule has 3 nitrogen and oxygen atoms in total. The maximum Gasteiger partial charge on any atom is 0.224 e. The molecule has 14 heavy (non-hydrogen) atoms. The second kappa shape index (κ2) is 3.87. The molecule has 0 saturated heterocycles. The average Bonchev–Trinajstić information content (AvgIpc) is 2.27. The van der Waals surface area contributed by atoms with Crippen molar-refractivity contribution in [1.82, 2.24) is 4.98 Å². The first kappa shape index (κ1) is 8.69. The Bertz CT molecular complexity index is 408. The molecule has 0 N–H and O–H groups in total. The van der Waals surface area contributed by atoms with Gasteiger partial charge in [0, 0.05) is 18.0 Å². The Morgan fingerprint density at radius 1 is 1.43 bits per heavy atom. The van der Waals surface area contributed by atoms with Crippen molar-refractivity contribution in [3.8, 4) is 5.88 Å². The van der Waals surface area contributed by atoms with Gasteiger partial charge in [-0.2, -0.15) is 0 Å². The summed E-state index contributed by atoms with van der Waals surface area (Å²) in [6.07, 6.45) is 8.02. The van der Waals surface area contributed by atoms with Gasteiger partial charge in [0.2, 0.25) is 11.8 Å². The third kappa shape index (κ3) is 1.88. The van der Waals surface area contributed by atoms with Gasteiger partial charge in [0.1, 0.15) is 0 Å². The molecule has 0 fully saturated rings. The molecule has 1 aliphatic rings. The lowest BCUT2D eigenvalue weighted by Crippen LogP contribution is -1.96. The van der Waals surface area contributed by atoms with E-state index in [9.17, 15) is 0 Å². The summed E-state index contributed by atoms with van der Waals surface area (Å²) in [5.74, 6) is 0.942. The van der Waals surface area contributed by atoms with Crippen LogP contribution < -0.4 is 4.74 Å². The highest BCUT2D eigenvalue weighted by Gasteiger charge is 2.05. The molecule has 0 saturated carbocycles. The van der Waals surface area contributed by atoms with Crippen molar-refractivity contribution < 1.29 is 4.74 Å². The predicted molar refractivity (Wildman–Crippen MR) is 55.3 cm³/mol. The zero-order valence-corrected chi connectivity index (χ0v) is 7.68. The number of hydrogen-bond donors (Lipinski definition) is 0. The third-order valence-electron chi connectivity index (χ3n) is 1.84. The number of nitrogens with zero attached hydrogens (tertiary/aromatic N) is 2. The number of ether oxygens (including phenoxy) is 1. The molecule has 1 aliphatic heterocycles. The van der Waals surface area contributed by atoms with Crippen LogP contribution in [-0.4, -0.2) is 11.2 Å². The Hall–Kier alpha value is -1.90.